The van der Waals surface area contributed by atoms with Crippen LogP contribution in [0.25, 0.3) is 22.3 Å². The van der Waals surface area contributed by atoms with E-state index in [2.05, 4.69) is 4.18 Å². The van der Waals surface area contributed by atoms with E-state index in [1.807, 2.05) is 0 Å². The van der Waals surface area contributed by atoms with Crippen molar-refractivity contribution in [2.75, 3.05) is 0 Å². The molecule has 4 rings (SSSR count). The summed E-state index contributed by atoms with van der Waals surface area (Å²) in [4.78, 5) is 12.6. The average Bonchev–Trinajstić information content (AvgIpc) is 2.54. The van der Waals surface area contributed by atoms with Crippen molar-refractivity contribution in [1.29, 1.82) is 0 Å². The minimum Gasteiger partial charge on any atom is -0.504 e. The summed E-state index contributed by atoms with van der Waals surface area (Å²) in [7, 11) is -4.77. The third kappa shape index (κ3) is 1.98. The van der Waals surface area contributed by atoms with E-state index in [0.29, 0.717) is 5.56 Å². The first-order valence-corrected chi connectivity index (χ1v) is 7.96. The fourth-order valence-corrected chi connectivity index (χ4v) is 3.20. The third-order valence-electron chi connectivity index (χ3n) is 3.46. The zero-order valence-electron chi connectivity index (χ0n) is 11.7. The fourth-order valence-electron chi connectivity index (χ4n) is 2.44. The van der Waals surface area contributed by atoms with Crippen LogP contribution >= 0.6 is 0 Å². The Kier molecular flexibility index (Phi) is 2.79. The van der Waals surface area contributed by atoms with Gasteiger partial charge in [-0.3, -0.25) is 4.79 Å². The second kappa shape index (κ2) is 4.65. The average molecular weight is 348 g/mol. The van der Waals surface area contributed by atoms with Crippen LogP contribution < -0.4 is 13.8 Å². The molecule has 8 nitrogen and oxygen atoms in total. The Morgan fingerprint density at radius 1 is 0.958 bits per heavy atom. The summed E-state index contributed by atoms with van der Waals surface area (Å²) in [6, 6.07) is 9.16. The van der Waals surface area contributed by atoms with Crippen LogP contribution in [-0.4, -0.2) is 18.6 Å². The van der Waals surface area contributed by atoms with E-state index in [-0.39, 0.29) is 16.7 Å². The van der Waals surface area contributed by atoms with Crippen molar-refractivity contribution in [3.05, 3.63) is 46.6 Å². The minimum atomic E-state index is -4.77. The second-order valence-electron chi connectivity index (χ2n) is 4.98. The van der Waals surface area contributed by atoms with E-state index in [1.54, 1.807) is 30.3 Å². The molecule has 0 unspecified atom stereocenters. The van der Waals surface area contributed by atoms with Crippen LogP contribution in [0.2, 0.25) is 0 Å². The van der Waals surface area contributed by atoms with E-state index < -0.39 is 38.8 Å². The zero-order chi connectivity index (χ0) is 17.1. The molecular formula is C15H8O8S. The van der Waals surface area contributed by atoms with Crippen molar-refractivity contribution in [1.82, 2.24) is 0 Å². The van der Waals surface area contributed by atoms with Crippen LogP contribution in [0.1, 0.15) is 0 Å². The van der Waals surface area contributed by atoms with Gasteiger partial charge in [-0.05, 0) is 0 Å². The molecular weight excluding hydrogens is 340 g/mol. The summed E-state index contributed by atoms with van der Waals surface area (Å²) in [6.45, 7) is 0. The molecule has 24 heavy (non-hydrogen) atoms. The summed E-state index contributed by atoms with van der Waals surface area (Å²) < 4.78 is 38.7. The second-order valence-corrected chi connectivity index (χ2v) is 6.13. The van der Waals surface area contributed by atoms with Crippen LogP contribution in [0.3, 0.4) is 0 Å². The number of aromatic hydroxyl groups is 2. The predicted molar refractivity (Wildman–Crippen MR) is 81.4 cm³/mol. The van der Waals surface area contributed by atoms with E-state index in [0.717, 1.165) is 6.07 Å². The number of rotatable bonds is 1. The summed E-state index contributed by atoms with van der Waals surface area (Å²) in [5.41, 5.74) is -0.682. The molecule has 0 fully saturated rings. The molecule has 9 heteroatoms. The molecule has 2 aromatic carbocycles. The maximum Gasteiger partial charge on any atom is 0.501 e. The molecule has 122 valence electrons. The number of phenolic OH excluding ortho intramolecular Hbond substituents is 2. The number of phenols is 2. The Hall–Kier alpha value is -3.20. The molecule has 2 heterocycles. The molecule has 3 bridgehead atoms. The van der Waals surface area contributed by atoms with Gasteiger partial charge in [-0.25, -0.2) is 0 Å². The normalized spacial score (nSPS) is 14.8. The van der Waals surface area contributed by atoms with Gasteiger partial charge < -0.3 is 23.0 Å². The highest BCUT2D eigenvalue weighted by atomic mass is 32.3. The van der Waals surface area contributed by atoms with Crippen molar-refractivity contribution in [2.45, 2.75) is 0 Å². The highest BCUT2D eigenvalue weighted by Gasteiger charge is 2.33. The van der Waals surface area contributed by atoms with Gasteiger partial charge in [-0.1, -0.05) is 30.3 Å². The molecule has 0 spiro atoms. The molecule has 1 aromatic heterocycles. The summed E-state index contributed by atoms with van der Waals surface area (Å²) in [6.07, 6.45) is 0. The van der Waals surface area contributed by atoms with Gasteiger partial charge in [0.2, 0.25) is 16.9 Å². The SMILES string of the molecule is O=c1c2c(-c3ccccc3)oc3cc(O)c(c(O)c13)OS(=O)(=O)O2. The first-order valence-electron chi connectivity index (χ1n) is 6.62. The molecule has 0 atom stereocenters. The van der Waals surface area contributed by atoms with Crippen LogP contribution in [-0.2, 0) is 10.4 Å². The van der Waals surface area contributed by atoms with E-state index in [1.165, 1.54) is 0 Å². The molecule has 1 aliphatic rings. The van der Waals surface area contributed by atoms with E-state index in [9.17, 15) is 23.4 Å². The minimum absolute atomic E-state index is 0.146. The Bertz CT molecular complexity index is 1150. The maximum atomic E-state index is 12.6. The number of hydrogen-bond donors (Lipinski definition) is 2. The number of benzene rings is 2. The highest BCUT2D eigenvalue weighted by molar-refractivity contribution is 7.82. The molecule has 3 aromatic rings. The number of hydrogen-bond acceptors (Lipinski definition) is 8. The first-order chi connectivity index (χ1) is 11.4. The van der Waals surface area contributed by atoms with Gasteiger partial charge in [0, 0.05) is 11.6 Å². The van der Waals surface area contributed by atoms with E-state index in [4.69, 9.17) is 8.60 Å². The smallest absolute Gasteiger partial charge is 0.501 e. The lowest BCUT2D eigenvalue weighted by molar-refractivity contribution is 0.351. The van der Waals surface area contributed by atoms with Gasteiger partial charge in [0.25, 0.3) is 0 Å². The Balaban J connectivity index is 2.23. The van der Waals surface area contributed by atoms with Crippen molar-refractivity contribution in [3.63, 3.8) is 0 Å². The standard InChI is InChI=1S/C15H8O8S/c16-8-6-9-10-11(17)14(8)22-24(19,20)23-15(12(10)18)13(21-9)7-4-2-1-3-5-7/h1-6,16-17H. The Labute approximate surface area is 134 Å². The third-order valence-corrected chi connectivity index (χ3v) is 4.20. The van der Waals surface area contributed by atoms with Gasteiger partial charge in [0.05, 0.1) is 0 Å². The molecule has 0 aliphatic carbocycles. The molecule has 0 amide bonds. The lowest BCUT2D eigenvalue weighted by Gasteiger charge is -2.17. The molecule has 2 N–H and O–H groups in total. The largest absolute Gasteiger partial charge is 0.504 e. The molecule has 0 saturated carbocycles. The fraction of sp³-hybridized carbons (Fsp3) is 0. The number of fused-ring (bicyclic) bond motifs is 2. The maximum absolute atomic E-state index is 12.6. The summed E-state index contributed by atoms with van der Waals surface area (Å²) in [5, 5.41) is 19.6. The Morgan fingerprint density at radius 3 is 2.33 bits per heavy atom. The monoisotopic (exact) mass is 348 g/mol. The lowest BCUT2D eigenvalue weighted by Crippen LogP contribution is -2.23. The van der Waals surface area contributed by atoms with Gasteiger partial charge in [0.1, 0.15) is 11.0 Å². The summed E-state index contributed by atoms with van der Waals surface area (Å²) in [5.74, 6) is -3.17. The van der Waals surface area contributed by atoms with Crippen LogP contribution in [0.15, 0.2) is 45.6 Å². The van der Waals surface area contributed by atoms with Gasteiger partial charge >= 0.3 is 10.4 Å². The topological polar surface area (TPSA) is 123 Å². The zero-order valence-corrected chi connectivity index (χ0v) is 12.5. The van der Waals surface area contributed by atoms with Gasteiger partial charge in [0.15, 0.2) is 17.3 Å². The molecule has 1 aliphatic heterocycles. The summed E-state index contributed by atoms with van der Waals surface area (Å²) >= 11 is 0. The highest BCUT2D eigenvalue weighted by Crippen LogP contribution is 2.45. The van der Waals surface area contributed by atoms with Crippen molar-refractivity contribution >= 4 is 21.4 Å². The predicted octanol–water partition coefficient (Wildman–Crippen LogP) is 1.89. The van der Waals surface area contributed by atoms with Crippen molar-refractivity contribution < 1.29 is 31.4 Å². The van der Waals surface area contributed by atoms with E-state index >= 15 is 0 Å². The quantitative estimate of drug-likeness (QED) is 0.683. The first kappa shape index (κ1) is 14.4. The molecule has 0 radical (unpaired) electrons. The Morgan fingerprint density at radius 2 is 1.62 bits per heavy atom. The molecule has 0 saturated heterocycles. The van der Waals surface area contributed by atoms with Gasteiger partial charge in [-0.15, -0.1) is 8.42 Å². The van der Waals surface area contributed by atoms with Crippen LogP contribution in [0, 0.1) is 0 Å². The van der Waals surface area contributed by atoms with Gasteiger partial charge in [-0.2, -0.15) is 0 Å². The van der Waals surface area contributed by atoms with Crippen LogP contribution in [0.5, 0.6) is 23.0 Å². The van der Waals surface area contributed by atoms with Crippen LogP contribution in [0.4, 0.5) is 0 Å². The lowest BCUT2D eigenvalue weighted by atomic mass is 10.1. The van der Waals surface area contributed by atoms with Crippen molar-refractivity contribution in [2.24, 2.45) is 0 Å². The van der Waals surface area contributed by atoms with Crippen molar-refractivity contribution in [3.8, 4) is 34.3 Å².